The predicted molar refractivity (Wildman–Crippen MR) is 79.9 cm³/mol. The molecule has 0 aromatic rings. The molecule has 2 atom stereocenters. The van der Waals surface area contributed by atoms with Gasteiger partial charge in [-0.25, -0.2) is 4.79 Å². The number of rotatable bonds is 2. The molecule has 0 radical (unpaired) electrons. The maximum Gasteiger partial charge on any atom is 0.410 e. The smallest absolute Gasteiger partial charge is 0.410 e. The largest absolute Gasteiger partial charge is 0.444 e. The van der Waals surface area contributed by atoms with E-state index in [0.29, 0.717) is 25.4 Å². The quantitative estimate of drug-likeness (QED) is 0.791. The van der Waals surface area contributed by atoms with Gasteiger partial charge in [0.05, 0.1) is 6.04 Å². The van der Waals surface area contributed by atoms with Crippen LogP contribution in [0.1, 0.15) is 33.6 Å². The molecule has 20 heavy (non-hydrogen) atoms. The third kappa shape index (κ3) is 3.59. The van der Waals surface area contributed by atoms with Crippen molar-refractivity contribution in [3.8, 4) is 0 Å². The van der Waals surface area contributed by atoms with Gasteiger partial charge in [-0.15, -0.1) is 0 Å². The molecule has 5 nitrogen and oxygen atoms in total. The lowest BCUT2D eigenvalue weighted by Crippen LogP contribution is -2.41. The summed E-state index contributed by atoms with van der Waals surface area (Å²) in [5.74, 6) is 1.28. The van der Waals surface area contributed by atoms with Crippen molar-refractivity contribution in [2.75, 3.05) is 25.4 Å². The summed E-state index contributed by atoms with van der Waals surface area (Å²) < 4.78 is 5.37. The van der Waals surface area contributed by atoms with Gasteiger partial charge in [0.1, 0.15) is 5.60 Å². The molecule has 1 unspecified atom stereocenters. The summed E-state index contributed by atoms with van der Waals surface area (Å²) in [6.45, 7) is 7.60. The number of ether oxygens (including phenoxy) is 1. The minimum absolute atomic E-state index is 0.139. The first-order valence-corrected chi connectivity index (χ1v) is 7.81. The number of thiol groups is 1. The first kappa shape index (κ1) is 15.5. The zero-order valence-electron chi connectivity index (χ0n) is 12.5. The highest BCUT2D eigenvalue weighted by molar-refractivity contribution is 7.80. The Morgan fingerprint density at radius 1 is 1.40 bits per heavy atom. The lowest BCUT2D eigenvalue weighted by atomic mass is 10.1. The summed E-state index contributed by atoms with van der Waals surface area (Å²) in [5.41, 5.74) is -0.476. The second-order valence-corrected chi connectivity index (χ2v) is 7.03. The van der Waals surface area contributed by atoms with Crippen LogP contribution in [0.5, 0.6) is 0 Å². The molecule has 2 aliphatic rings. The maximum atomic E-state index is 12.0. The van der Waals surface area contributed by atoms with Gasteiger partial charge < -0.3 is 14.5 Å². The van der Waals surface area contributed by atoms with Crippen LogP contribution in [0.25, 0.3) is 0 Å². The van der Waals surface area contributed by atoms with Crippen molar-refractivity contribution in [2.24, 2.45) is 5.92 Å². The Morgan fingerprint density at radius 3 is 2.65 bits per heavy atom. The number of carbonyl (C=O) groups excluding carboxylic acids is 2. The summed E-state index contributed by atoms with van der Waals surface area (Å²) in [4.78, 5) is 27.6. The van der Waals surface area contributed by atoms with Crippen molar-refractivity contribution >= 4 is 24.6 Å². The molecule has 0 saturated carbocycles. The molecule has 0 aliphatic carbocycles. The van der Waals surface area contributed by atoms with E-state index in [-0.39, 0.29) is 18.0 Å². The van der Waals surface area contributed by atoms with Crippen LogP contribution < -0.4 is 0 Å². The Bertz CT molecular complexity index is 394. The Kier molecular flexibility index (Phi) is 4.52. The molecule has 2 amide bonds. The second-order valence-electron chi connectivity index (χ2n) is 6.67. The van der Waals surface area contributed by atoms with Crippen LogP contribution in [0.3, 0.4) is 0 Å². The highest BCUT2D eigenvalue weighted by atomic mass is 32.1. The fourth-order valence-corrected chi connectivity index (χ4v) is 3.02. The van der Waals surface area contributed by atoms with Gasteiger partial charge in [0.25, 0.3) is 0 Å². The third-order valence-electron chi connectivity index (χ3n) is 3.75. The van der Waals surface area contributed by atoms with Gasteiger partial charge in [0.2, 0.25) is 5.91 Å². The topological polar surface area (TPSA) is 49.9 Å². The number of likely N-dealkylation sites (tertiary alicyclic amines) is 2. The summed E-state index contributed by atoms with van der Waals surface area (Å²) in [7, 11) is 0. The van der Waals surface area contributed by atoms with Gasteiger partial charge in [0, 0.05) is 26.1 Å². The molecular formula is C14H24N2O3S. The summed E-state index contributed by atoms with van der Waals surface area (Å²) >= 11 is 4.27. The summed E-state index contributed by atoms with van der Waals surface area (Å²) in [6.07, 6.45) is 1.15. The average Bonchev–Trinajstić information content (AvgIpc) is 2.92. The molecule has 0 aromatic carbocycles. The number of amides is 2. The first-order chi connectivity index (χ1) is 9.30. The minimum atomic E-state index is -0.476. The summed E-state index contributed by atoms with van der Waals surface area (Å²) in [6, 6.07) is 0.139. The molecule has 2 fully saturated rings. The van der Waals surface area contributed by atoms with Crippen molar-refractivity contribution in [3.05, 3.63) is 0 Å². The zero-order valence-corrected chi connectivity index (χ0v) is 13.4. The molecule has 114 valence electrons. The van der Waals surface area contributed by atoms with Crippen molar-refractivity contribution in [1.82, 2.24) is 9.80 Å². The Hall–Kier alpha value is -0.910. The lowest BCUT2D eigenvalue weighted by Gasteiger charge is -2.26. The fourth-order valence-electron chi connectivity index (χ4n) is 2.77. The monoisotopic (exact) mass is 300 g/mol. The van der Waals surface area contributed by atoms with E-state index in [4.69, 9.17) is 4.74 Å². The number of nitrogens with zero attached hydrogens (tertiary/aromatic N) is 2. The van der Waals surface area contributed by atoms with Crippen LogP contribution >= 0.6 is 12.6 Å². The number of hydrogen-bond donors (Lipinski definition) is 1. The molecular weight excluding hydrogens is 276 g/mol. The van der Waals surface area contributed by atoms with Crippen LogP contribution in [0.15, 0.2) is 0 Å². The van der Waals surface area contributed by atoms with Crippen LogP contribution in [0.2, 0.25) is 0 Å². The zero-order chi connectivity index (χ0) is 14.9. The van der Waals surface area contributed by atoms with Gasteiger partial charge >= 0.3 is 6.09 Å². The van der Waals surface area contributed by atoms with E-state index < -0.39 is 5.60 Å². The van der Waals surface area contributed by atoms with Gasteiger partial charge in [-0.1, -0.05) is 0 Å². The Labute approximate surface area is 126 Å². The minimum Gasteiger partial charge on any atom is -0.444 e. The highest BCUT2D eigenvalue weighted by Gasteiger charge is 2.38. The molecule has 2 saturated heterocycles. The van der Waals surface area contributed by atoms with E-state index in [1.165, 1.54) is 0 Å². The Morgan fingerprint density at radius 2 is 2.10 bits per heavy atom. The van der Waals surface area contributed by atoms with Gasteiger partial charge in [0.15, 0.2) is 0 Å². The van der Waals surface area contributed by atoms with Crippen molar-refractivity contribution in [3.63, 3.8) is 0 Å². The van der Waals surface area contributed by atoms with E-state index in [2.05, 4.69) is 12.6 Å². The summed E-state index contributed by atoms with van der Waals surface area (Å²) in [5, 5.41) is 0. The second kappa shape index (κ2) is 5.84. The Balaban J connectivity index is 1.89. The molecule has 0 bridgehead atoms. The van der Waals surface area contributed by atoms with E-state index in [1.54, 1.807) is 4.90 Å². The molecule has 6 heteroatoms. The van der Waals surface area contributed by atoms with Crippen molar-refractivity contribution in [1.29, 1.82) is 0 Å². The molecule has 0 spiro atoms. The van der Waals surface area contributed by atoms with Gasteiger partial charge in [-0.05, 0) is 38.9 Å². The maximum absolute atomic E-state index is 12.0. The third-order valence-corrected chi connectivity index (χ3v) is 4.27. The molecule has 2 rings (SSSR count). The van der Waals surface area contributed by atoms with Gasteiger partial charge in [-0.2, -0.15) is 12.6 Å². The molecule has 0 aromatic heterocycles. The first-order valence-electron chi connectivity index (χ1n) is 7.18. The van der Waals surface area contributed by atoms with E-state index in [9.17, 15) is 9.59 Å². The molecule has 2 aliphatic heterocycles. The standard InChI is InChI=1S/C14H24N2O3S/c1-14(2,3)19-13(18)15-5-4-11(8-15)16-7-10(9-20)6-12(16)17/h10-11,20H,4-9H2,1-3H3/t10?,11-/m1/s1. The van der Waals surface area contributed by atoms with Crippen molar-refractivity contribution < 1.29 is 14.3 Å². The highest BCUT2D eigenvalue weighted by Crippen LogP contribution is 2.26. The SMILES string of the molecule is CC(C)(C)OC(=O)N1CC[C@@H](N2CC(CS)CC2=O)C1. The van der Waals surface area contributed by atoms with Gasteiger partial charge in [-0.3, -0.25) is 4.79 Å². The van der Waals surface area contributed by atoms with Crippen molar-refractivity contribution in [2.45, 2.75) is 45.3 Å². The normalized spacial score (nSPS) is 27.3. The van der Waals surface area contributed by atoms with Crippen LogP contribution in [0, 0.1) is 5.92 Å². The lowest BCUT2D eigenvalue weighted by molar-refractivity contribution is -0.129. The fraction of sp³-hybridized carbons (Fsp3) is 0.857. The predicted octanol–water partition coefficient (Wildman–Crippen LogP) is 1.77. The van der Waals surface area contributed by atoms with E-state index in [1.807, 2.05) is 25.7 Å². The molecule has 2 heterocycles. The average molecular weight is 300 g/mol. The molecule has 0 N–H and O–H groups in total. The van der Waals surface area contributed by atoms with Crippen LogP contribution in [-0.4, -0.2) is 58.8 Å². The number of hydrogen-bond acceptors (Lipinski definition) is 4. The van der Waals surface area contributed by atoms with E-state index in [0.717, 1.165) is 18.7 Å². The van der Waals surface area contributed by atoms with Crippen LogP contribution in [0.4, 0.5) is 4.79 Å². The van der Waals surface area contributed by atoms with E-state index >= 15 is 0 Å². The van der Waals surface area contributed by atoms with Crippen LogP contribution in [-0.2, 0) is 9.53 Å². The number of carbonyl (C=O) groups is 2.